The first kappa shape index (κ1) is 13.4. The second-order valence-corrected chi connectivity index (χ2v) is 5.03. The minimum Gasteiger partial charge on any atom is -0.481 e. The van der Waals surface area contributed by atoms with Gasteiger partial charge in [-0.25, -0.2) is 9.97 Å². The van der Waals surface area contributed by atoms with Crippen LogP contribution in [0.3, 0.4) is 0 Å². The number of aromatic nitrogens is 2. The molecule has 0 radical (unpaired) electrons. The van der Waals surface area contributed by atoms with Crippen molar-refractivity contribution in [2.45, 2.75) is 38.6 Å². The lowest BCUT2D eigenvalue weighted by molar-refractivity contribution is 0.393. The molecule has 0 spiro atoms. The first-order valence-corrected chi connectivity index (χ1v) is 6.99. The molecule has 1 aromatic heterocycles. The molecule has 1 aromatic rings. The fourth-order valence-corrected chi connectivity index (χ4v) is 2.80. The zero-order valence-corrected chi connectivity index (χ0v) is 11.8. The fourth-order valence-electron chi connectivity index (χ4n) is 2.65. The Morgan fingerprint density at radius 3 is 3.06 bits per heavy atom. The molecule has 100 valence electrons. The summed E-state index contributed by atoms with van der Waals surface area (Å²) in [5, 5.41) is 0. The van der Waals surface area contributed by atoms with Gasteiger partial charge in [0.25, 0.3) is 0 Å². The summed E-state index contributed by atoms with van der Waals surface area (Å²) in [7, 11) is 1.65. The number of methoxy groups -OCH3 is 1. The van der Waals surface area contributed by atoms with Crippen LogP contribution in [0.25, 0.3) is 0 Å². The SMILES string of the molecule is COc1ncnc(N2CCCC2CCCCl)c1C. The number of hydrogen-bond acceptors (Lipinski definition) is 4. The highest BCUT2D eigenvalue weighted by Crippen LogP contribution is 2.31. The molecule has 5 heteroatoms. The summed E-state index contributed by atoms with van der Waals surface area (Å²) in [6.45, 7) is 3.08. The Bertz CT molecular complexity index is 400. The molecule has 0 saturated carbocycles. The maximum atomic E-state index is 5.79. The van der Waals surface area contributed by atoms with E-state index in [0.717, 1.165) is 36.6 Å². The first-order valence-electron chi connectivity index (χ1n) is 6.46. The van der Waals surface area contributed by atoms with Gasteiger partial charge in [-0.05, 0) is 32.6 Å². The summed E-state index contributed by atoms with van der Waals surface area (Å²) in [5.74, 6) is 2.41. The van der Waals surface area contributed by atoms with Gasteiger partial charge < -0.3 is 9.64 Å². The van der Waals surface area contributed by atoms with Crippen molar-refractivity contribution in [1.29, 1.82) is 0 Å². The number of halogens is 1. The molecule has 18 heavy (non-hydrogen) atoms. The van der Waals surface area contributed by atoms with Crippen LogP contribution in [-0.2, 0) is 0 Å². The number of rotatable bonds is 5. The smallest absolute Gasteiger partial charge is 0.221 e. The van der Waals surface area contributed by atoms with Gasteiger partial charge in [0.15, 0.2) is 0 Å². The molecule has 0 aromatic carbocycles. The molecule has 1 fully saturated rings. The average molecular weight is 270 g/mol. The van der Waals surface area contributed by atoms with Gasteiger partial charge in [-0.2, -0.15) is 0 Å². The summed E-state index contributed by atoms with van der Waals surface area (Å²) in [4.78, 5) is 10.9. The third-order valence-corrected chi connectivity index (χ3v) is 3.79. The van der Waals surface area contributed by atoms with Crippen molar-refractivity contribution < 1.29 is 4.74 Å². The quantitative estimate of drug-likeness (QED) is 0.771. The second-order valence-electron chi connectivity index (χ2n) is 4.65. The molecule has 1 atom stereocenters. The minimum absolute atomic E-state index is 0.557. The predicted molar refractivity (Wildman–Crippen MR) is 73.6 cm³/mol. The van der Waals surface area contributed by atoms with Crippen molar-refractivity contribution in [2.75, 3.05) is 24.4 Å². The number of alkyl halides is 1. The highest BCUT2D eigenvalue weighted by atomic mass is 35.5. The van der Waals surface area contributed by atoms with Crippen LogP contribution in [0, 0.1) is 6.92 Å². The zero-order chi connectivity index (χ0) is 13.0. The van der Waals surface area contributed by atoms with Crippen LogP contribution >= 0.6 is 11.6 Å². The molecule has 4 nitrogen and oxygen atoms in total. The lowest BCUT2D eigenvalue weighted by Crippen LogP contribution is -2.30. The van der Waals surface area contributed by atoms with E-state index in [1.807, 2.05) is 6.92 Å². The Morgan fingerprint density at radius 1 is 1.50 bits per heavy atom. The molecule has 0 bridgehead atoms. The topological polar surface area (TPSA) is 38.3 Å². The van der Waals surface area contributed by atoms with E-state index in [9.17, 15) is 0 Å². The maximum absolute atomic E-state index is 5.79. The van der Waals surface area contributed by atoms with Gasteiger partial charge in [0.1, 0.15) is 12.1 Å². The van der Waals surface area contributed by atoms with E-state index in [1.54, 1.807) is 13.4 Å². The third-order valence-electron chi connectivity index (χ3n) is 3.52. The first-order chi connectivity index (χ1) is 8.77. The molecule has 2 heterocycles. The summed E-state index contributed by atoms with van der Waals surface area (Å²) < 4.78 is 5.26. The molecule has 0 amide bonds. The second kappa shape index (κ2) is 6.23. The van der Waals surface area contributed by atoms with Crippen molar-refractivity contribution in [2.24, 2.45) is 0 Å². The normalized spacial score (nSPS) is 19.3. The van der Waals surface area contributed by atoms with Crippen LogP contribution in [0.2, 0.25) is 0 Å². The van der Waals surface area contributed by atoms with E-state index < -0.39 is 0 Å². The van der Waals surface area contributed by atoms with Crippen molar-refractivity contribution >= 4 is 17.4 Å². The monoisotopic (exact) mass is 269 g/mol. The minimum atomic E-state index is 0.557. The van der Waals surface area contributed by atoms with Crippen LogP contribution < -0.4 is 9.64 Å². The van der Waals surface area contributed by atoms with Crippen LogP contribution in [0.5, 0.6) is 5.88 Å². The maximum Gasteiger partial charge on any atom is 0.221 e. The van der Waals surface area contributed by atoms with E-state index in [2.05, 4.69) is 14.9 Å². The lowest BCUT2D eigenvalue weighted by Gasteiger charge is -2.27. The summed E-state index contributed by atoms with van der Waals surface area (Å²) in [5.41, 5.74) is 1.03. The number of anilines is 1. The van der Waals surface area contributed by atoms with E-state index in [0.29, 0.717) is 11.9 Å². The predicted octanol–water partition coefficient (Wildman–Crippen LogP) is 2.78. The van der Waals surface area contributed by atoms with E-state index in [-0.39, 0.29) is 0 Å². The Balaban J connectivity index is 2.19. The van der Waals surface area contributed by atoms with Gasteiger partial charge in [0.2, 0.25) is 5.88 Å². The van der Waals surface area contributed by atoms with Crippen molar-refractivity contribution in [3.63, 3.8) is 0 Å². The zero-order valence-electron chi connectivity index (χ0n) is 11.0. The summed E-state index contributed by atoms with van der Waals surface area (Å²) in [6, 6.07) is 0.557. The Hall–Kier alpha value is -1.03. The molecule has 1 aliphatic heterocycles. The molecule has 1 aliphatic rings. The number of nitrogens with zero attached hydrogens (tertiary/aromatic N) is 3. The number of hydrogen-bond donors (Lipinski definition) is 0. The molecular weight excluding hydrogens is 250 g/mol. The molecule has 0 N–H and O–H groups in total. The van der Waals surface area contributed by atoms with Gasteiger partial charge in [-0.15, -0.1) is 11.6 Å². The van der Waals surface area contributed by atoms with E-state index in [4.69, 9.17) is 16.3 Å². The van der Waals surface area contributed by atoms with Gasteiger partial charge in [0.05, 0.1) is 12.7 Å². The molecule has 1 unspecified atom stereocenters. The largest absolute Gasteiger partial charge is 0.481 e. The third kappa shape index (κ3) is 2.69. The van der Waals surface area contributed by atoms with Crippen LogP contribution in [0.15, 0.2) is 6.33 Å². The van der Waals surface area contributed by atoms with E-state index in [1.165, 1.54) is 12.8 Å². The standard InChI is InChI=1S/C13H20ClN3O/c1-10-12(15-9-16-13(10)18-2)17-8-4-6-11(17)5-3-7-14/h9,11H,3-8H2,1-2H3. The molecular formula is C13H20ClN3O. The van der Waals surface area contributed by atoms with Crippen LogP contribution in [0.4, 0.5) is 5.82 Å². The van der Waals surface area contributed by atoms with Gasteiger partial charge in [-0.1, -0.05) is 0 Å². The van der Waals surface area contributed by atoms with Gasteiger partial charge in [0, 0.05) is 18.5 Å². The van der Waals surface area contributed by atoms with E-state index >= 15 is 0 Å². The Morgan fingerprint density at radius 2 is 2.33 bits per heavy atom. The fraction of sp³-hybridized carbons (Fsp3) is 0.692. The van der Waals surface area contributed by atoms with Crippen molar-refractivity contribution in [3.8, 4) is 5.88 Å². The number of ether oxygens (including phenoxy) is 1. The highest BCUT2D eigenvalue weighted by molar-refractivity contribution is 6.17. The average Bonchev–Trinajstić information content (AvgIpc) is 2.84. The van der Waals surface area contributed by atoms with Gasteiger partial charge >= 0.3 is 0 Å². The highest BCUT2D eigenvalue weighted by Gasteiger charge is 2.27. The molecule has 2 rings (SSSR count). The molecule has 1 saturated heterocycles. The van der Waals surface area contributed by atoms with Crippen LogP contribution in [-0.4, -0.2) is 35.5 Å². The molecule has 0 aliphatic carbocycles. The lowest BCUT2D eigenvalue weighted by atomic mass is 10.1. The van der Waals surface area contributed by atoms with Gasteiger partial charge in [-0.3, -0.25) is 0 Å². The summed E-state index contributed by atoms with van der Waals surface area (Å²) in [6.07, 6.45) is 6.22. The van der Waals surface area contributed by atoms with Crippen molar-refractivity contribution in [1.82, 2.24) is 9.97 Å². The Labute approximate surface area is 113 Å². The van der Waals surface area contributed by atoms with Crippen molar-refractivity contribution in [3.05, 3.63) is 11.9 Å². The summed E-state index contributed by atoms with van der Waals surface area (Å²) >= 11 is 5.79. The Kier molecular flexibility index (Phi) is 4.64. The van der Waals surface area contributed by atoms with Crippen LogP contribution in [0.1, 0.15) is 31.2 Å².